The number of carbonyl (C=O) groups is 1. The van der Waals surface area contributed by atoms with Crippen molar-refractivity contribution in [3.63, 3.8) is 0 Å². The highest BCUT2D eigenvalue weighted by atomic mass is 16.5. The van der Waals surface area contributed by atoms with Gasteiger partial charge in [-0.15, -0.1) is 0 Å². The number of rotatable bonds is 5. The van der Waals surface area contributed by atoms with Crippen molar-refractivity contribution in [2.45, 2.75) is 26.6 Å². The molecule has 3 heterocycles. The molecule has 9 nitrogen and oxygen atoms in total. The minimum atomic E-state index is -0.497. The van der Waals surface area contributed by atoms with Gasteiger partial charge in [-0.25, -0.2) is 0 Å². The second-order valence-corrected chi connectivity index (χ2v) is 7.09. The highest BCUT2D eigenvalue weighted by Gasteiger charge is 2.18. The van der Waals surface area contributed by atoms with Gasteiger partial charge in [0.15, 0.2) is 0 Å². The Labute approximate surface area is 171 Å². The molecule has 0 amide bonds. The van der Waals surface area contributed by atoms with E-state index in [4.69, 9.17) is 10.5 Å². The molecule has 154 valence electrons. The number of hydrogen-bond acceptors (Lipinski definition) is 6. The summed E-state index contributed by atoms with van der Waals surface area (Å²) in [5.41, 5.74) is 7.18. The highest BCUT2D eigenvalue weighted by molar-refractivity contribution is 5.99. The van der Waals surface area contributed by atoms with Crippen molar-refractivity contribution in [2.24, 2.45) is 0 Å². The van der Waals surface area contributed by atoms with Crippen LogP contribution in [0.1, 0.15) is 30.0 Å². The summed E-state index contributed by atoms with van der Waals surface area (Å²) in [7, 11) is 0. The Kier molecular flexibility index (Phi) is 4.88. The fourth-order valence-electron chi connectivity index (χ4n) is 3.24. The van der Waals surface area contributed by atoms with Gasteiger partial charge < -0.3 is 20.6 Å². The molecular formula is C21H21N5O4. The molecule has 0 radical (unpaired) electrons. The van der Waals surface area contributed by atoms with Crippen LogP contribution in [-0.2, 0) is 6.61 Å². The summed E-state index contributed by atoms with van der Waals surface area (Å²) in [4.78, 5) is 28.5. The number of hydrogen-bond donors (Lipinski definition) is 3. The van der Waals surface area contributed by atoms with Crippen molar-refractivity contribution < 1.29 is 14.6 Å². The zero-order chi connectivity index (χ0) is 21.4. The number of aromatic amines is 1. The van der Waals surface area contributed by atoms with E-state index in [0.717, 1.165) is 4.68 Å². The Hall–Kier alpha value is -3.85. The van der Waals surface area contributed by atoms with Crippen molar-refractivity contribution in [3.8, 4) is 11.4 Å². The van der Waals surface area contributed by atoms with E-state index in [-0.39, 0.29) is 35.5 Å². The number of fused-ring (bicyclic) bond motifs is 1. The van der Waals surface area contributed by atoms with Crippen LogP contribution in [0.4, 0.5) is 5.82 Å². The number of nitrogens with one attached hydrogen (secondary N) is 1. The van der Waals surface area contributed by atoms with Crippen LogP contribution in [0.2, 0.25) is 0 Å². The molecule has 0 aliphatic heterocycles. The average molecular weight is 407 g/mol. The van der Waals surface area contributed by atoms with Gasteiger partial charge in [-0.05, 0) is 50.2 Å². The van der Waals surface area contributed by atoms with Crippen LogP contribution in [0.15, 0.2) is 53.3 Å². The molecule has 0 fully saturated rings. The number of nitrogens with zero attached hydrogens (tertiary/aromatic N) is 3. The number of H-pyrrole nitrogens is 1. The highest BCUT2D eigenvalue weighted by Crippen LogP contribution is 2.21. The third kappa shape index (κ3) is 3.46. The number of aliphatic hydroxyl groups excluding tert-OH is 1. The molecule has 0 spiro atoms. The molecule has 4 aromatic rings. The predicted molar refractivity (Wildman–Crippen MR) is 112 cm³/mol. The molecule has 3 aromatic heterocycles. The number of anilines is 1. The molecule has 4 rings (SSSR count). The number of nitrogens with two attached hydrogens (primary N) is 1. The van der Waals surface area contributed by atoms with Gasteiger partial charge in [0.25, 0.3) is 11.5 Å². The van der Waals surface area contributed by atoms with E-state index in [0.29, 0.717) is 22.5 Å². The van der Waals surface area contributed by atoms with E-state index >= 15 is 0 Å². The summed E-state index contributed by atoms with van der Waals surface area (Å²) in [5, 5.41) is 13.9. The molecule has 9 heteroatoms. The first kappa shape index (κ1) is 19.5. The van der Waals surface area contributed by atoms with Gasteiger partial charge in [0.2, 0.25) is 0 Å². The van der Waals surface area contributed by atoms with Crippen LogP contribution in [-0.4, -0.2) is 36.4 Å². The molecule has 0 aliphatic rings. The molecule has 0 saturated heterocycles. The van der Waals surface area contributed by atoms with E-state index in [1.807, 2.05) is 13.8 Å². The Morgan fingerprint density at radius 3 is 2.57 bits per heavy atom. The molecule has 0 aliphatic carbocycles. The SMILES string of the molecule is CC(C)Oc1ccc(-n2c(=O)ccc3cc(C(=O)n4nc(CO)cc4N)[nH]c32)cc1. The molecule has 1 aromatic carbocycles. The van der Waals surface area contributed by atoms with Crippen LogP contribution < -0.4 is 16.0 Å². The van der Waals surface area contributed by atoms with E-state index in [1.54, 1.807) is 36.4 Å². The van der Waals surface area contributed by atoms with Gasteiger partial charge in [-0.2, -0.15) is 9.78 Å². The molecule has 4 N–H and O–H groups in total. The monoisotopic (exact) mass is 407 g/mol. The van der Waals surface area contributed by atoms with Crippen molar-refractivity contribution in [3.05, 3.63) is 70.3 Å². The number of ether oxygens (including phenoxy) is 1. The lowest BCUT2D eigenvalue weighted by molar-refractivity contribution is 0.0942. The smallest absolute Gasteiger partial charge is 0.296 e. The molecule has 0 bridgehead atoms. The molecular weight excluding hydrogens is 386 g/mol. The van der Waals surface area contributed by atoms with Gasteiger partial charge in [0, 0.05) is 17.5 Å². The maximum absolute atomic E-state index is 12.8. The number of aliphatic hydroxyl groups is 1. The van der Waals surface area contributed by atoms with E-state index in [2.05, 4.69) is 10.1 Å². The summed E-state index contributed by atoms with van der Waals surface area (Å²) < 4.78 is 8.14. The van der Waals surface area contributed by atoms with Gasteiger partial charge >= 0.3 is 0 Å². The minimum Gasteiger partial charge on any atom is -0.491 e. The van der Waals surface area contributed by atoms with Gasteiger partial charge in [-0.3, -0.25) is 14.2 Å². The van der Waals surface area contributed by atoms with Crippen LogP contribution in [0.5, 0.6) is 5.75 Å². The Bertz CT molecular complexity index is 1280. The summed E-state index contributed by atoms with van der Waals surface area (Å²) in [5.74, 6) is 0.314. The fourth-order valence-corrected chi connectivity index (χ4v) is 3.24. The standard InChI is InChI=1S/C21H21N5O4/c1-12(2)30-16-6-4-15(5-7-16)25-19(28)8-3-13-9-17(23-20(13)25)21(29)26-18(22)10-14(11-27)24-26/h3-10,12,23,27H,11,22H2,1-2H3. The van der Waals surface area contributed by atoms with E-state index < -0.39 is 5.91 Å². The third-order valence-corrected chi connectivity index (χ3v) is 4.51. The van der Waals surface area contributed by atoms with Crippen LogP contribution >= 0.6 is 0 Å². The predicted octanol–water partition coefficient (Wildman–Crippen LogP) is 2.07. The number of aromatic nitrogens is 4. The van der Waals surface area contributed by atoms with Crippen LogP contribution in [0.25, 0.3) is 16.7 Å². The van der Waals surface area contributed by atoms with Crippen molar-refractivity contribution in [1.29, 1.82) is 0 Å². The number of nitrogen functional groups attached to an aromatic ring is 1. The Balaban J connectivity index is 1.78. The zero-order valence-electron chi connectivity index (χ0n) is 16.5. The molecule has 0 saturated carbocycles. The summed E-state index contributed by atoms with van der Waals surface area (Å²) >= 11 is 0. The number of carbonyl (C=O) groups excluding carboxylic acids is 1. The average Bonchev–Trinajstić information content (AvgIpc) is 3.31. The number of pyridine rings is 1. The normalized spacial score (nSPS) is 11.3. The van der Waals surface area contributed by atoms with Crippen molar-refractivity contribution in [2.75, 3.05) is 5.73 Å². The van der Waals surface area contributed by atoms with E-state index in [9.17, 15) is 14.7 Å². The Morgan fingerprint density at radius 1 is 1.20 bits per heavy atom. The minimum absolute atomic E-state index is 0.0417. The fraction of sp³-hybridized carbons (Fsp3) is 0.190. The third-order valence-electron chi connectivity index (χ3n) is 4.51. The van der Waals surface area contributed by atoms with E-state index in [1.165, 1.54) is 16.7 Å². The van der Waals surface area contributed by atoms with Crippen molar-refractivity contribution in [1.82, 2.24) is 19.3 Å². The first-order valence-corrected chi connectivity index (χ1v) is 9.39. The quantitative estimate of drug-likeness (QED) is 0.465. The first-order chi connectivity index (χ1) is 14.4. The summed E-state index contributed by atoms with van der Waals surface area (Å²) in [6, 6.07) is 13.3. The topological polar surface area (TPSA) is 128 Å². The molecule has 30 heavy (non-hydrogen) atoms. The maximum atomic E-state index is 12.8. The maximum Gasteiger partial charge on any atom is 0.296 e. The number of benzene rings is 1. The lowest BCUT2D eigenvalue weighted by atomic mass is 10.2. The van der Waals surface area contributed by atoms with Crippen LogP contribution in [0, 0.1) is 0 Å². The van der Waals surface area contributed by atoms with Gasteiger partial charge in [0.1, 0.15) is 22.9 Å². The van der Waals surface area contributed by atoms with Gasteiger partial charge in [-0.1, -0.05) is 0 Å². The largest absolute Gasteiger partial charge is 0.491 e. The molecule has 0 atom stereocenters. The lowest BCUT2D eigenvalue weighted by Gasteiger charge is -2.11. The van der Waals surface area contributed by atoms with Crippen molar-refractivity contribution >= 4 is 22.8 Å². The second kappa shape index (κ2) is 7.53. The van der Waals surface area contributed by atoms with Crippen LogP contribution in [0.3, 0.4) is 0 Å². The first-order valence-electron chi connectivity index (χ1n) is 9.39. The summed E-state index contributed by atoms with van der Waals surface area (Å²) in [6.45, 7) is 3.55. The Morgan fingerprint density at radius 2 is 1.93 bits per heavy atom. The lowest BCUT2D eigenvalue weighted by Crippen LogP contribution is -2.18. The van der Waals surface area contributed by atoms with Gasteiger partial charge in [0.05, 0.1) is 24.1 Å². The zero-order valence-corrected chi connectivity index (χ0v) is 16.5. The second-order valence-electron chi connectivity index (χ2n) is 7.09. The molecule has 0 unspecified atom stereocenters. The summed E-state index contributed by atoms with van der Waals surface area (Å²) in [6.07, 6.45) is 0.0417.